The quantitative estimate of drug-likeness (QED) is 0.858. The van der Waals surface area contributed by atoms with Crippen LogP contribution < -0.4 is 5.32 Å². The minimum atomic E-state index is -0.882. The van der Waals surface area contributed by atoms with Crippen LogP contribution in [0.5, 0.6) is 0 Å². The Morgan fingerprint density at radius 2 is 2.04 bits per heavy atom. The van der Waals surface area contributed by atoms with Crippen molar-refractivity contribution in [1.29, 1.82) is 0 Å². The topological polar surface area (TPSA) is 110 Å². The van der Waals surface area contributed by atoms with E-state index < -0.39 is 11.5 Å². The number of nitrogens with zero attached hydrogens (tertiary/aromatic N) is 4. The summed E-state index contributed by atoms with van der Waals surface area (Å²) in [6.45, 7) is 1.88. The summed E-state index contributed by atoms with van der Waals surface area (Å²) >= 11 is 0. The molecule has 1 amide bonds. The van der Waals surface area contributed by atoms with Gasteiger partial charge >= 0.3 is 5.97 Å². The molecule has 3 rings (SSSR count). The van der Waals surface area contributed by atoms with E-state index in [0.29, 0.717) is 18.4 Å². The van der Waals surface area contributed by atoms with Crippen LogP contribution >= 0.6 is 0 Å². The molecule has 1 fully saturated rings. The van der Waals surface area contributed by atoms with Gasteiger partial charge in [0.2, 0.25) is 0 Å². The fourth-order valence-electron chi connectivity index (χ4n) is 3.50. The van der Waals surface area contributed by atoms with Gasteiger partial charge in [-0.05, 0) is 54.0 Å². The van der Waals surface area contributed by atoms with Crippen molar-refractivity contribution < 1.29 is 14.7 Å². The summed E-state index contributed by atoms with van der Waals surface area (Å²) in [5, 5.41) is 23.3. The Labute approximate surface area is 145 Å². The van der Waals surface area contributed by atoms with E-state index in [1.165, 1.54) is 11.0 Å². The largest absolute Gasteiger partial charge is 0.481 e. The normalized spacial score (nSPS) is 16.4. The zero-order chi connectivity index (χ0) is 17.9. The zero-order valence-electron chi connectivity index (χ0n) is 14.1. The molecule has 0 spiro atoms. The minimum Gasteiger partial charge on any atom is -0.481 e. The number of amides is 1. The number of rotatable bonds is 5. The van der Waals surface area contributed by atoms with Gasteiger partial charge in [0.1, 0.15) is 6.33 Å². The van der Waals surface area contributed by atoms with E-state index in [2.05, 4.69) is 20.8 Å². The molecule has 25 heavy (non-hydrogen) atoms. The molecule has 1 aromatic carbocycles. The first kappa shape index (κ1) is 17.1. The zero-order valence-corrected chi connectivity index (χ0v) is 14.1. The second kappa shape index (κ2) is 7.00. The first-order chi connectivity index (χ1) is 12.0. The number of tetrazole rings is 1. The van der Waals surface area contributed by atoms with Crippen LogP contribution in [0.1, 0.15) is 54.4 Å². The Balaban J connectivity index is 1.80. The Hall–Kier alpha value is -2.77. The molecule has 8 nitrogen and oxygen atoms in total. The highest BCUT2D eigenvalue weighted by molar-refractivity contribution is 5.95. The maximum atomic E-state index is 12.7. The molecule has 0 unspecified atom stereocenters. The van der Waals surface area contributed by atoms with Crippen molar-refractivity contribution in [2.24, 2.45) is 0 Å². The number of carboxylic acid groups (broad SMARTS) is 1. The highest BCUT2D eigenvalue weighted by Crippen LogP contribution is 2.31. The lowest BCUT2D eigenvalue weighted by Gasteiger charge is -2.37. The Morgan fingerprint density at radius 3 is 2.64 bits per heavy atom. The van der Waals surface area contributed by atoms with Gasteiger partial charge in [-0.1, -0.05) is 19.3 Å². The number of aromatic nitrogens is 4. The number of hydrogen-bond acceptors (Lipinski definition) is 5. The Morgan fingerprint density at radius 1 is 1.28 bits per heavy atom. The molecule has 0 radical (unpaired) electrons. The molecule has 1 saturated carbocycles. The molecule has 0 atom stereocenters. The summed E-state index contributed by atoms with van der Waals surface area (Å²) in [4.78, 5) is 23.9. The van der Waals surface area contributed by atoms with Crippen molar-refractivity contribution in [3.63, 3.8) is 0 Å². The number of carbonyl (C=O) groups is 2. The number of aliphatic carboxylic acids is 1. The van der Waals surface area contributed by atoms with Crippen molar-refractivity contribution in [3.05, 3.63) is 35.7 Å². The fraction of sp³-hybridized carbons (Fsp3) is 0.471. The minimum absolute atomic E-state index is 0.0412. The monoisotopic (exact) mass is 343 g/mol. The van der Waals surface area contributed by atoms with Gasteiger partial charge < -0.3 is 10.4 Å². The van der Waals surface area contributed by atoms with Crippen LogP contribution in [0.3, 0.4) is 0 Å². The number of carbonyl (C=O) groups excluding carboxylic acids is 1. The molecule has 1 heterocycles. The van der Waals surface area contributed by atoms with E-state index in [1.54, 1.807) is 18.2 Å². The van der Waals surface area contributed by atoms with Crippen LogP contribution in [0.15, 0.2) is 24.5 Å². The van der Waals surface area contributed by atoms with Crippen LogP contribution in [-0.4, -0.2) is 42.7 Å². The summed E-state index contributed by atoms with van der Waals surface area (Å²) in [5.74, 6) is -1.12. The van der Waals surface area contributed by atoms with Gasteiger partial charge in [0, 0.05) is 5.56 Å². The SMILES string of the molecule is Cc1cc(C(=O)NC2(CC(=O)O)CCCCC2)ccc1-n1cnnn1. The predicted molar refractivity (Wildman–Crippen MR) is 89.4 cm³/mol. The van der Waals surface area contributed by atoms with E-state index >= 15 is 0 Å². The third kappa shape index (κ3) is 3.84. The van der Waals surface area contributed by atoms with E-state index in [1.807, 2.05) is 6.92 Å². The average molecular weight is 343 g/mol. The van der Waals surface area contributed by atoms with Gasteiger partial charge in [-0.2, -0.15) is 0 Å². The number of benzene rings is 1. The molecule has 132 valence electrons. The molecular formula is C17H21N5O3. The third-order valence-corrected chi connectivity index (χ3v) is 4.73. The van der Waals surface area contributed by atoms with Crippen molar-refractivity contribution in [3.8, 4) is 5.69 Å². The summed E-state index contributed by atoms with van der Waals surface area (Å²) < 4.78 is 1.53. The molecule has 1 aliphatic rings. The van der Waals surface area contributed by atoms with Crippen molar-refractivity contribution >= 4 is 11.9 Å². The van der Waals surface area contributed by atoms with Crippen LogP contribution in [0, 0.1) is 6.92 Å². The molecule has 2 N–H and O–H groups in total. The van der Waals surface area contributed by atoms with Gasteiger partial charge in [0.05, 0.1) is 17.6 Å². The van der Waals surface area contributed by atoms with E-state index in [-0.39, 0.29) is 12.3 Å². The van der Waals surface area contributed by atoms with Gasteiger partial charge in [-0.3, -0.25) is 9.59 Å². The lowest BCUT2D eigenvalue weighted by Crippen LogP contribution is -2.51. The van der Waals surface area contributed by atoms with Crippen LogP contribution in [0.4, 0.5) is 0 Å². The molecule has 0 aliphatic heterocycles. The highest BCUT2D eigenvalue weighted by atomic mass is 16.4. The van der Waals surface area contributed by atoms with Crippen LogP contribution in [-0.2, 0) is 4.79 Å². The second-order valence-electron chi connectivity index (χ2n) is 6.62. The van der Waals surface area contributed by atoms with Crippen molar-refractivity contribution in [1.82, 2.24) is 25.5 Å². The molecule has 1 aromatic heterocycles. The highest BCUT2D eigenvalue weighted by Gasteiger charge is 2.36. The molecule has 0 saturated heterocycles. The van der Waals surface area contributed by atoms with Gasteiger partial charge in [-0.15, -0.1) is 5.10 Å². The number of nitrogens with one attached hydrogen (secondary N) is 1. The van der Waals surface area contributed by atoms with Gasteiger partial charge in [0.25, 0.3) is 5.91 Å². The average Bonchev–Trinajstić information content (AvgIpc) is 3.08. The predicted octanol–water partition coefficient (Wildman–Crippen LogP) is 1.88. The first-order valence-corrected chi connectivity index (χ1v) is 8.37. The molecule has 2 aromatic rings. The lowest BCUT2D eigenvalue weighted by atomic mass is 9.79. The number of aryl methyl sites for hydroxylation is 1. The molecule has 1 aliphatic carbocycles. The first-order valence-electron chi connectivity index (χ1n) is 8.37. The second-order valence-corrected chi connectivity index (χ2v) is 6.62. The summed E-state index contributed by atoms with van der Waals surface area (Å²) in [6.07, 6.45) is 5.80. The number of hydrogen-bond donors (Lipinski definition) is 2. The third-order valence-electron chi connectivity index (χ3n) is 4.73. The Bertz CT molecular complexity index is 767. The molecular weight excluding hydrogens is 322 g/mol. The van der Waals surface area contributed by atoms with Crippen LogP contribution in [0.25, 0.3) is 5.69 Å². The van der Waals surface area contributed by atoms with Gasteiger partial charge in [0.15, 0.2) is 0 Å². The Kier molecular flexibility index (Phi) is 4.78. The lowest BCUT2D eigenvalue weighted by molar-refractivity contribution is -0.139. The number of carboxylic acids is 1. The van der Waals surface area contributed by atoms with Crippen molar-refractivity contribution in [2.45, 2.75) is 51.0 Å². The van der Waals surface area contributed by atoms with E-state index in [0.717, 1.165) is 30.5 Å². The standard InChI is InChI=1S/C17H21N5O3/c1-12-9-13(5-6-14(12)22-11-18-20-21-22)16(25)19-17(10-15(23)24)7-3-2-4-8-17/h5-6,9,11H,2-4,7-8,10H2,1H3,(H,19,25)(H,23,24). The van der Waals surface area contributed by atoms with Gasteiger partial charge in [-0.25, -0.2) is 4.68 Å². The maximum Gasteiger partial charge on any atom is 0.305 e. The smallest absolute Gasteiger partial charge is 0.305 e. The molecule has 0 bridgehead atoms. The summed E-state index contributed by atoms with van der Waals surface area (Å²) in [5.41, 5.74) is 1.50. The van der Waals surface area contributed by atoms with Crippen LogP contribution in [0.2, 0.25) is 0 Å². The molecule has 8 heteroatoms. The van der Waals surface area contributed by atoms with Crippen molar-refractivity contribution in [2.75, 3.05) is 0 Å². The van der Waals surface area contributed by atoms with E-state index in [4.69, 9.17) is 0 Å². The van der Waals surface area contributed by atoms with E-state index in [9.17, 15) is 14.7 Å². The fourth-order valence-corrected chi connectivity index (χ4v) is 3.50. The maximum absolute atomic E-state index is 12.7. The summed E-state index contributed by atoms with van der Waals surface area (Å²) in [7, 11) is 0. The summed E-state index contributed by atoms with van der Waals surface area (Å²) in [6, 6.07) is 5.26.